The third-order valence-corrected chi connectivity index (χ3v) is 5.49. The highest BCUT2D eigenvalue weighted by atomic mass is 16.3. The van der Waals surface area contributed by atoms with Crippen LogP contribution in [-0.2, 0) is 4.79 Å². The van der Waals surface area contributed by atoms with Crippen molar-refractivity contribution in [1.29, 1.82) is 0 Å². The molecule has 1 aromatic heterocycles. The van der Waals surface area contributed by atoms with Crippen molar-refractivity contribution in [3.8, 4) is 0 Å². The van der Waals surface area contributed by atoms with E-state index in [2.05, 4.69) is 26.3 Å². The van der Waals surface area contributed by atoms with Crippen molar-refractivity contribution < 1.29 is 9.90 Å². The average Bonchev–Trinajstić information content (AvgIpc) is 2.69. The minimum absolute atomic E-state index is 0.110. The lowest BCUT2D eigenvalue weighted by atomic mass is 9.78. The van der Waals surface area contributed by atoms with Crippen LogP contribution in [0.2, 0.25) is 0 Å². The van der Waals surface area contributed by atoms with E-state index in [0.717, 1.165) is 57.9 Å². The van der Waals surface area contributed by atoms with Gasteiger partial charge in [-0.05, 0) is 25.3 Å². The van der Waals surface area contributed by atoms with Crippen LogP contribution in [0.25, 0.3) is 0 Å². The van der Waals surface area contributed by atoms with Crippen LogP contribution in [0.5, 0.6) is 0 Å². The van der Waals surface area contributed by atoms with Crippen molar-refractivity contribution in [2.24, 2.45) is 5.41 Å². The summed E-state index contributed by atoms with van der Waals surface area (Å²) in [6.45, 7) is 9.09. The first-order valence-corrected chi connectivity index (χ1v) is 9.40. The number of allylic oxidation sites excluding steroid dienone is 1. The zero-order valence-corrected chi connectivity index (χ0v) is 15.4. The van der Waals surface area contributed by atoms with Crippen molar-refractivity contribution >= 4 is 11.9 Å². The van der Waals surface area contributed by atoms with E-state index in [4.69, 9.17) is 0 Å². The first-order chi connectivity index (χ1) is 12.7. The second-order valence-electron chi connectivity index (χ2n) is 7.38. The summed E-state index contributed by atoms with van der Waals surface area (Å²) in [5.41, 5.74) is -0.209. The largest absolute Gasteiger partial charge is 0.396 e. The number of hydrogen-bond acceptors (Lipinski definition) is 6. The standard InChI is InChI=1S/C19H29N5O2/c1-2-5-19(16-25)6-3-9-24(15-19)17(26)14-22-10-12-23(13-11-22)18-20-7-4-8-21-18/h2,4,7-8,25H,1,3,5-6,9-16H2/t19-/m0/s1. The van der Waals surface area contributed by atoms with Gasteiger partial charge in [-0.2, -0.15) is 0 Å². The molecule has 7 heteroatoms. The van der Waals surface area contributed by atoms with Crippen molar-refractivity contribution in [1.82, 2.24) is 19.8 Å². The van der Waals surface area contributed by atoms with E-state index in [-0.39, 0.29) is 17.9 Å². The van der Waals surface area contributed by atoms with Crippen molar-refractivity contribution in [3.05, 3.63) is 31.1 Å². The van der Waals surface area contributed by atoms with Gasteiger partial charge in [-0.3, -0.25) is 9.69 Å². The van der Waals surface area contributed by atoms with Crippen LogP contribution in [0.1, 0.15) is 19.3 Å². The lowest BCUT2D eigenvalue weighted by molar-refractivity contribution is -0.136. The van der Waals surface area contributed by atoms with Crippen LogP contribution in [0, 0.1) is 5.41 Å². The molecule has 0 aromatic carbocycles. The number of nitrogens with zero attached hydrogens (tertiary/aromatic N) is 5. The minimum Gasteiger partial charge on any atom is -0.396 e. The van der Waals surface area contributed by atoms with Crippen molar-refractivity contribution in [2.75, 3.05) is 57.3 Å². The fourth-order valence-electron chi connectivity index (χ4n) is 3.94. The van der Waals surface area contributed by atoms with Gasteiger partial charge in [0, 0.05) is 57.1 Å². The molecule has 1 atom stereocenters. The summed E-state index contributed by atoms with van der Waals surface area (Å²) in [4.78, 5) is 27.6. The molecule has 7 nitrogen and oxygen atoms in total. The van der Waals surface area contributed by atoms with Gasteiger partial charge >= 0.3 is 0 Å². The number of rotatable bonds is 6. The molecule has 0 spiro atoms. The normalized spacial score (nSPS) is 24.5. The number of carbonyl (C=O) groups excluding carboxylic acids is 1. The number of amides is 1. The molecule has 0 radical (unpaired) electrons. The first-order valence-electron chi connectivity index (χ1n) is 9.40. The summed E-state index contributed by atoms with van der Waals surface area (Å²) in [5, 5.41) is 9.82. The Morgan fingerprint density at radius 1 is 1.23 bits per heavy atom. The number of aliphatic hydroxyl groups is 1. The Balaban J connectivity index is 1.50. The predicted octanol–water partition coefficient (Wildman–Crippen LogP) is 0.776. The van der Waals surface area contributed by atoms with Gasteiger partial charge in [0.1, 0.15) is 0 Å². The minimum atomic E-state index is -0.209. The number of carbonyl (C=O) groups is 1. The SMILES string of the molecule is C=CC[C@]1(CO)CCCN(C(=O)CN2CCN(c3ncccn3)CC2)C1. The van der Waals surface area contributed by atoms with E-state index < -0.39 is 0 Å². The Labute approximate surface area is 155 Å². The molecular formula is C19H29N5O2. The summed E-state index contributed by atoms with van der Waals surface area (Å²) < 4.78 is 0. The molecule has 142 valence electrons. The van der Waals surface area contributed by atoms with Crippen molar-refractivity contribution in [3.63, 3.8) is 0 Å². The van der Waals surface area contributed by atoms with E-state index in [1.54, 1.807) is 12.4 Å². The molecule has 26 heavy (non-hydrogen) atoms. The number of hydrogen-bond donors (Lipinski definition) is 1. The summed E-state index contributed by atoms with van der Waals surface area (Å²) in [7, 11) is 0. The van der Waals surface area contributed by atoms with Gasteiger partial charge < -0.3 is 14.9 Å². The predicted molar refractivity (Wildman–Crippen MR) is 101 cm³/mol. The Kier molecular flexibility index (Phi) is 6.21. The Hall–Kier alpha value is -1.99. The third kappa shape index (κ3) is 4.40. The molecule has 1 N–H and O–H groups in total. The molecule has 2 fully saturated rings. The van der Waals surface area contributed by atoms with Gasteiger partial charge in [0.25, 0.3) is 0 Å². The quantitative estimate of drug-likeness (QED) is 0.757. The van der Waals surface area contributed by atoms with E-state index in [0.29, 0.717) is 13.1 Å². The summed E-state index contributed by atoms with van der Waals surface area (Å²) >= 11 is 0. The Bertz CT molecular complexity index is 603. The number of aromatic nitrogens is 2. The van der Waals surface area contributed by atoms with Gasteiger partial charge in [0.15, 0.2) is 0 Å². The van der Waals surface area contributed by atoms with E-state index in [9.17, 15) is 9.90 Å². The highest BCUT2D eigenvalue weighted by Crippen LogP contribution is 2.33. The number of anilines is 1. The zero-order chi connectivity index (χ0) is 18.4. The molecule has 3 rings (SSSR count). The van der Waals surface area contributed by atoms with E-state index in [1.165, 1.54) is 0 Å². The fraction of sp³-hybridized carbons (Fsp3) is 0.632. The van der Waals surface area contributed by atoms with Crippen LogP contribution in [0.4, 0.5) is 5.95 Å². The van der Waals surface area contributed by atoms with Gasteiger partial charge in [-0.15, -0.1) is 6.58 Å². The van der Waals surface area contributed by atoms with Crippen LogP contribution in [-0.4, -0.2) is 83.2 Å². The second kappa shape index (κ2) is 8.60. The van der Waals surface area contributed by atoms with Crippen molar-refractivity contribution in [2.45, 2.75) is 19.3 Å². The monoisotopic (exact) mass is 359 g/mol. The maximum Gasteiger partial charge on any atom is 0.236 e. The Morgan fingerprint density at radius 2 is 1.96 bits per heavy atom. The summed E-state index contributed by atoms with van der Waals surface area (Å²) in [6.07, 6.45) is 8.02. The van der Waals surface area contributed by atoms with Gasteiger partial charge in [-0.1, -0.05) is 6.08 Å². The maximum atomic E-state index is 12.8. The third-order valence-electron chi connectivity index (χ3n) is 5.49. The van der Waals surface area contributed by atoms with Crippen LogP contribution >= 0.6 is 0 Å². The summed E-state index contributed by atoms with van der Waals surface area (Å²) in [5.74, 6) is 0.919. The molecular weight excluding hydrogens is 330 g/mol. The number of likely N-dealkylation sites (tertiary alicyclic amines) is 1. The Morgan fingerprint density at radius 3 is 2.62 bits per heavy atom. The highest BCUT2D eigenvalue weighted by Gasteiger charge is 2.36. The van der Waals surface area contributed by atoms with Crippen LogP contribution in [0.15, 0.2) is 31.1 Å². The number of aliphatic hydroxyl groups excluding tert-OH is 1. The topological polar surface area (TPSA) is 72.8 Å². The molecule has 2 aliphatic heterocycles. The van der Waals surface area contributed by atoms with E-state index >= 15 is 0 Å². The molecule has 3 heterocycles. The molecule has 0 bridgehead atoms. The molecule has 1 aromatic rings. The van der Waals surface area contributed by atoms with Crippen LogP contribution < -0.4 is 4.90 Å². The molecule has 0 aliphatic carbocycles. The smallest absolute Gasteiger partial charge is 0.236 e. The molecule has 2 aliphatic rings. The lowest BCUT2D eigenvalue weighted by Gasteiger charge is -2.42. The fourth-order valence-corrected chi connectivity index (χ4v) is 3.94. The molecule has 1 amide bonds. The van der Waals surface area contributed by atoms with Gasteiger partial charge in [0.05, 0.1) is 13.2 Å². The molecule has 2 saturated heterocycles. The van der Waals surface area contributed by atoms with Gasteiger partial charge in [-0.25, -0.2) is 9.97 Å². The highest BCUT2D eigenvalue weighted by molar-refractivity contribution is 5.78. The first kappa shape index (κ1) is 18.8. The number of piperazine rings is 1. The van der Waals surface area contributed by atoms with Crippen LogP contribution in [0.3, 0.4) is 0 Å². The lowest BCUT2D eigenvalue weighted by Crippen LogP contribution is -2.53. The maximum absolute atomic E-state index is 12.8. The zero-order valence-electron chi connectivity index (χ0n) is 15.4. The molecule has 0 saturated carbocycles. The van der Waals surface area contributed by atoms with E-state index in [1.807, 2.05) is 17.0 Å². The second-order valence-corrected chi connectivity index (χ2v) is 7.38. The molecule has 0 unspecified atom stereocenters. The number of piperidine rings is 1. The summed E-state index contributed by atoms with van der Waals surface area (Å²) in [6, 6.07) is 1.82. The van der Waals surface area contributed by atoms with Gasteiger partial charge in [0.2, 0.25) is 11.9 Å². The average molecular weight is 359 g/mol.